The summed E-state index contributed by atoms with van der Waals surface area (Å²) in [5.41, 5.74) is 9.17. The minimum absolute atomic E-state index is 0.283. The van der Waals surface area contributed by atoms with Gasteiger partial charge in [0, 0.05) is 36.1 Å². The van der Waals surface area contributed by atoms with E-state index in [1.165, 1.54) is 0 Å². The first-order valence-corrected chi connectivity index (χ1v) is 11.5. The van der Waals surface area contributed by atoms with Crippen LogP contribution in [0.5, 0.6) is 0 Å². The number of hydrogen-bond donors (Lipinski definition) is 6. The number of rotatable bonds is 12. The maximum atomic E-state index is 11.7. The van der Waals surface area contributed by atoms with Crippen LogP contribution in [0.1, 0.15) is 29.3 Å². The lowest BCUT2D eigenvalue weighted by molar-refractivity contribution is -0.120. The van der Waals surface area contributed by atoms with Crippen molar-refractivity contribution in [2.24, 2.45) is 5.73 Å². The van der Waals surface area contributed by atoms with Gasteiger partial charge in [-0.15, -0.1) is 0 Å². The molecule has 0 spiro atoms. The van der Waals surface area contributed by atoms with Crippen LogP contribution in [0.2, 0.25) is 0 Å². The summed E-state index contributed by atoms with van der Waals surface area (Å²) in [4.78, 5) is 42.6. The van der Waals surface area contributed by atoms with Crippen molar-refractivity contribution in [3.8, 4) is 11.1 Å². The largest absolute Gasteiger partial charge is 0.465 e. The summed E-state index contributed by atoms with van der Waals surface area (Å²) in [6, 6.07) is 14.6. The van der Waals surface area contributed by atoms with E-state index in [1.807, 2.05) is 29.6 Å². The van der Waals surface area contributed by atoms with Crippen molar-refractivity contribution in [2.75, 3.05) is 30.3 Å². The summed E-state index contributed by atoms with van der Waals surface area (Å²) < 4.78 is 0. The first-order valence-electron chi connectivity index (χ1n) is 11.5. The van der Waals surface area contributed by atoms with Gasteiger partial charge in [0.1, 0.15) is 5.82 Å². The molecule has 3 amide bonds. The van der Waals surface area contributed by atoms with Crippen LogP contribution in [0.25, 0.3) is 11.1 Å². The monoisotopic (exact) mass is 491 g/mol. The number of nitrogens with two attached hydrogens (primary N) is 1. The minimum atomic E-state index is -1.24. The van der Waals surface area contributed by atoms with Gasteiger partial charge >= 0.3 is 6.09 Å². The number of hydrogen-bond acceptors (Lipinski definition) is 7. The van der Waals surface area contributed by atoms with E-state index in [2.05, 4.69) is 32.8 Å². The van der Waals surface area contributed by atoms with E-state index < -0.39 is 12.0 Å². The molecule has 0 fully saturated rings. The number of nitrogens with one attached hydrogen (secondary N) is 4. The molecule has 188 valence electrons. The molecule has 0 atom stereocenters. The zero-order valence-electron chi connectivity index (χ0n) is 19.9. The second-order valence-electron chi connectivity index (χ2n) is 7.91. The van der Waals surface area contributed by atoms with Gasteiger partial charge in [0.25, 0.3) is 0 Å². The number of aromatic nitrogens is 2. The predicted molar refractivity (Wildman–Crippen MR) is 137 cm³/mol. The molecule has 1 aromatic heterocycles. The van der Waals surface area contributed by atoms with Gasteiger partial charge in [0.2, 0.25) is 17.8 Å². The van der Waals surface area contributed by atoms with Gasteiger partial charge in [0.15, 0.2) is 0 Å². The number of carbonyl (C=O) groups is 3. The van der Waals surface area contributed by atoms with E-state index >= 15 is 0 Å². The van der Waals surface area contributed by atoms with Crippen LogP contribution >= 0.6 is 0 Å². The van der Waals surface area contributed by atoms with Gasteiger partial charge < -0.3 is 32.1 Å². The summed E-state index contributed by atoms with van der Waals surface area (Å²) in [7, 11) is 0. The summed E-state index contributed by atoms with van der Waals surface area (Å²) in [6.07, 6.45) is 1.99. The van der Waals surface area contributed by atoms with Crippen LogP contribution in [0.3, 0.4) is 0 Å². The lowest BCUT2D eigenvalue weighted by atomic mass is 10.0. The molecule has 0 saturated heterocycles. The number of benzene rings is 2. The third-order valence-electron chi connectivity index (χ3n) is 5.13. The van der Waals surface area contributed by atoms with Crippen molar-refractivity contribution >= 4 is 35.4 Å². The third-order valence-corrected chi connectivity index (χ3v) is 5.13. The molecule has 36 heavy (non-hydrogen) atoms. The van der Waals surface area contributed by atoms with Crippen LogP contribution in [0.4, 0.5) is 22.2 Å². The molecule has 0 aliphatic heterocycles. The Labute approximate surface area is 208 Å². The molecule has 7 N–H and O–H groups in total. The van der Waals surface area contributed by atoms with Crippen molar-refractivity contribution in [2.45, 2.75) is 19.8 Å². The molecule has 11 heteroatoms. The Hall–Kier alpha value is -4.67. The zero-order chi connectivity index (χ0) is 25.9. The Morgan fingerprint density at radius 3 is 2.50 bits per heavy atom. The molecule has 0 bridgehead atoms. The normalized spacial score (nSPS) is 10.4. The van der Waals surface area contributed by atoms with Gasteiger partial charge in [-0.1, -0.05) is 31.2 Å². The number of amides is 3. The Bertz CT molecular complexity index is 1220. The number of primary amides is 1. The molecule has 3 rings (SSSR count). The first kappa shape index (κ1) is 25.9. The number of anilines is 3. The maximum Gasteiger partial charge on any atom is 0.405 e. The SMILES string of the molecule is CCCNc1nc(Nc2ccc(C(N)=O)cc2)ncc1-c1cccc(CCNC(=O)CNC(=O)O)c1. The van der Waals surface area contributed by atoms with E-state index in [9.17, 15) is 14.4 Å². The summed E-state index contributed by atoms with van der Waals surface area (Å²) in [5.74, 6) is 0.194. The van der Waals surface area contributed by atoms with Gasteiger partial charge in [-0.2, -0.15) is 4.98 Å². The highest BCUT2D eigenvalue weighted by atomic mass is 16.4. The molecule has 2 aromatic carbocycles. The molecule has 0 aliphatic carbocycles. The average Bonchev–Trinajstić information content (AvgIpc) is 2.87. The van der Waals surface area contributed by atoms with Crippen molar-refractivity contribution in [1.82, 2.24) is 20.6 Å². The fraction of sp³-hybridized carbons (Fsp3) is 0.240. The highest BCUT2D eigenvalue weighted by Gasteiger charge is 2.11. The minimum Gasteiger partial charge on any atom is -0.465 e. The van der Waals surface area contributed by atoms with E-state index in [1.54, 1.807) is 30.5 Å². The van der Waals surface area contributed by atoms with Gasteiger partial charge in [-0.3, -0.25) is 9.59 Å². The van der Waals surface area contributed by atoms with Crippen molar-refractivity contribution in [3.05, 3.63) is 65.9 Å². The maximum absolute atomic E-state index is 11.7. The second kappa shape index (κ2) is 12.7. The Morgan fingerprint density at radius 2 is 1.81 bits per heavy atom. The van der Waals surface area contributed by atoms with Crippen LogP contribution in [-0.4, -0.2) is 52.6 Å². The molecule has 0 radical (unpaired) electrons. The van der Waals surface area contributed by atoms with Crippen LogP contribution in [0, 0.1) is 0 Å². The molecule has 0 saturated carbocycles. The van der Waals surface area contributed by atoms with E-state index in [0.717, 1.165) is 35.3 Å². The fourth-order valence-corrected chi connectivity index (χ4v) is 3.34. The standard InChI is InChI=1S/C25H29N7O4/c1-2-11-28-23-20(14-29-24(32-23)31-19-8-6-17(7-9-19)22(26)34)18-5-3-4-16(13-18)10-12-27-21(33)15-30-25(35)36/h3-9,13-14,30H,2,10-12,15H2,1H3,(H2,26,34)(H,27,33)(H,35,36)(H2,28,29,31,32). The molecule has 11 nitrogen and oxygen atoms in total. The molecule has 0 aliphatic rings. The highest BCUT2D eigenvalue weighted by Crippen LogP contribution is 2.28. The predicted octanol–water partition coefficient (Wildman–Crippen LogP) is 2.73. The summed E-state index contributed by atoms with van der Waals surface area (Å²) in [5, 5.41) is 19.8. The zero-order valence-corrected chi connectivity index (χ0v) is 19.9. The van der Waals surface area contributed by atoms with E-state index in [0.29, 0.717) is 30.3 Å². The molecular formula is C25H29N7O4. The molecular weight excluding hydrogens is 462 g/mol. The fourth-order valence-electron chi connectivity index (χ4n) is 3.34. The van der Waals surface area contributed by atoms with Crippen molar-refractivity contribution in [1.29, 1.82) is 0 Å². The lowest BCUT2D eigenvalue weighted by Gasteiger charge is -2.14. The van der Waals surface area contributed by atoms with E-state index in [-0.39, 0.29) is 12.5 Å². The first-order chi connectivity index (χ1) is 17.4. The lowest BCUT2D eigenvalue weighted by Crippen LogP contribution is -2.37. The summed E-state index contributed by atoms with van der Waals surface area (Å²) >= 11 is 0. The quantitative estimate of drug-likeness (QED) is 0.224. The van der Waals surface area contributed by atoms with Gasteiger partial charge in [-0.05, 0) is 48.2 Å². The average molecular weight is 492 g/mol. The number of carbonyl (C=O) groups excluding carboxylic acids is 2. The Balaban J connectivity index is 1.73. The highest BCUT2D eigenvalue weighted by molar-refractivity contribution is 5.93. The molecule has 1 heterocycles. The third kappa shape index (κ3) is 7.69. The Kier molecular flexibility index (Phi) is 9.15. The van der Waals surface area contributed by atoms with Crippen LogP contribution in [-0.2, 0) is 11.2 Å². The summed E-state index contributed by atoms with van der Waals surface area (Å²) in [6.45, 7) is 2.88. The molecule has 0 unspecified atom stereocenters. The second-order valence-corrected chi connectivity index (χ2v) is 7.91. The number of carboxylic acid groups (broad SMARTS) is 1. The van der Waals surface area contributed by atoms with Crippen molar-refractivity contribution in [3.63, 3.8) is 0 Å². The van der Waals surface area contributed by atoms with Crippen molar-refractivity contribution < 1.29 is 19.5 Å². The van der Waals surface area contributed by atoms with E-state index in [4.69, 9.17) is 10.8 Å². The number of nitrogens with zero attached hydrogens (tertiary/aromatic N) is 2. The van der Waals surface area contributed by atoms with Crippen LogP contribution < -0.4 is 27.0 Å². The smallest absolute Gasteiger partial charge is 0.405 e. The molecule has 3 aromatic rings. The van der Waals surface area contributed by atoms with Gasteiger partial charge in [-0.25, -0.2) is 9.78 Å². The topological polar surface area (TPSA) is 171 Å². The Morgan fingerprint density at radius 1 is 1.03 bits per heavy atom. The van der Waals surface area contributed by atoms with Gasteiger partial charge in [0.05, 0.1) is 6.54 Å². The van der Waals surface area contributed by atoms with Crippen LogP contribution in [0.15, 0.2) is 54.7 Å².